The van der Waals surface area contributed by atoms with Gasteiger partial charge in [-0.2, -0.15) is 0 Å². The molecule has 0 aliphatic heterocycles. The van der Waals surface area contributed by atoms with Gasteiger partial charge >= 0.3 is 0 Å². The number of halogens is 2. The van der Waals surface area contributed by atoms with Crippen molar-refractivity contribution >= 4 is 39.8 Å². The lowest BCUT2D eigenvalue weighted by Gasteiger charge is -2.26. The van der Waals surface area contributed by atoms with Crippen LogP contribution in [0.1, 0.15) is 16.7 Å². The molecule has 0 spiro atoms. The molecule has 1 unspecified atom stereocenters. The highest BCUT2D eigenvalue weighted by Gasteiger charge is 2.14. The Morgan fingerprint density at radius 2 is 1.77 bits per heavy atom. The van der Waals surface area contributed by atoms with Crippen LogP contribution < -0.4 is 10.6 Å². The van der Waals surface area contributed by atoms with Crippen molar-refractivity contribution in [1.29, 1.82) is 0 Å². The monoisotopic (exact) mass is 562 g/mol. The summed E-state index contributed by atoms with van der Waals surface area (Å²) in [4.78, 5) is 6.39. The van der Waals surface area contributed by atoms with Crippen molar-refractivity contribution in [3.8, 4) is 0 Å². The molecule has 172 valence electrons. The summed E-state index contributed by atoms with van der Waals surface area (Å²) in [6.45, 7) is 0.939. The number of likely N-dealkylation sites (N-methyl/N-ethyl adjacent to an activating group) is 1. The number of guanidine groups is 1. The first-order chi connectivity index (χ1) is 14.2. The average Bonchev–Trinajstić information content (AvgIpc) is 2.68. The van der Waals surface area contributed by atoms with Crippen LogP contribution >= 0.6 is 24.0 Å². The zero-order valence-corrected chi connectivity index (χ0v) is 21.6. The van der Waals surface area contributed by atoms with Crippen LogP contribution in [0.15, 0.2) is 53.5 Å². The lowest BCUT2D eigenvalue weighted by Crippen LogP contribution is -2.45. The molecule has 0 aliphatic carbocycles. The van der Waals surface area contributed by atoms with Crippen LogP contribution in [0.5, 0.6) is 0 Å². The van der Waals surface area contributed by atoms with Gasteiger partial charge in [-0.25, -0.2) is 12.8 Å². The number of rotatable bonds is 9. The number of nitrogens with zero attached hydrogens (tertiary/aromatic N) is 2. The van der Waals surface area contributed by atoms with Crippen molar-refractivity contribution in [2.75, 3.05) is 33.9 Å². The van der Waals surface area contributed by atoms with Crippen LogP contribution in [0.25, 0.3) is 0 Å². The fraction of sp³-hybridized carbons (Fsp3) is 0.409. The Labute approximate surface area is 202 Å². The molecular weight excluding hydrogens is 530 g/mol. The van der Waals surface area contributed by atoms with Crippen molar-refractivity contribution in [2.24, 2.45) is 4.99 Å². The van der Waals surface area contributed by atoms with Crippen LogP contribution in [-0.2, 0) is 28.6 Å². The van der Waals surface area contributed by atoms with Crippen LogP contribution in [0.4, 0.5) is 4.39 Å². The zero-order chi connectivity index (χ0) is 22.1. The Morgan fingerprint density at radius 3 is 2.35 bits per heavy atom. The third kappa shape index (κ3) is 9.96. The average molecular weight is 562 g/mol. The van der Waals surface area contributed by atoms with Gasteiger partial charge in [-0.1, -0.05) is 36.4 Å². The fourth-order valence-corrected chi connectivity index (χ4v) is 3.97. The van der Waals surface area contributed by atoms with Gasteiger partial charge in [-0.15, -0.1) is 24.0 Å². The van der Waals surface area contributed by atoms with Crippen LogP contribution in [0.3, 0.4) is 0 Å². The Kier molecular flexibility index (Phi) is 11.4. The lowest BCUT2D eigenvalue weighted by molar-refractivity contribution is 0.290. The molecule has 0 heterocycles. The topological polar surface area (TPSA) is 73.8 Å². The van der Waals surface area contributed by atoms with Crippen molar-refractivity contribution < 1.29 is 12.8 Å². The van der Waals surface area contributed by atoms with E-state index in [9.17, 15) is 12.8 Å². The van der Waals surface area contributed by atoms with E-state index in [1.807, 2.05) is 32.3 Å². The number of sulfone groups is 1. The van der Waals surface area contributed by atoms with Gasteiger partial charge in [0.15, 0.2) is 15.8 Å². The second kappa shape index (κ2) is 13.0. The van der Waals surface area contributed by atoms with Crippen LogP contribution in [0, 0.1) is 5.82 Å². The minimum atomic E-state index is -3.22. The molecule has 2 aromatic rings. The molecule has 0 saturated carbocycles. The Balaban J connectivity index is 0.00000480. The number of hydrogen-bond donors (Lipinski definition) is 2. The Hall–Kier alpha value is -1.72. The summed E-state index contributed by atoms with van der Waals surface area (Å²) >= 11 is 0. The van der Waals surface area contributed by atoms with E-state index in [4.69, 9.17) is 0 Å². The molecule has 1 atom stereocenters. The maximum atomic E-state index is 13.7. The van der Waals surface area contributed by atoms with Crippen molar-refractivity contribution in [2.45, 2.75) is 24.8 Å². The van der Waals surface area contributed by atoms with Gasteiger partial charge in [0.05, 0.1) is 5.75 Å². The predicted octanol–water partition coefficient (Wildman–Crippen LogP) is 2.83. The van der Waals surface area contributed by atoms with E-state index in [2.05, 4.69) is 32.7 Å². The molecule has 0 radical (unpaired) electrons. The summed E-state index contributed by atoms with van der Waals surface area (Å²) in [5.41, 5.74) is 2.43. The first-order valence-electron chi connectivity index (χ1n) is 9.78. The standard InChI is InChI=1S/C22H31FN4O2S.HI/c1-24-22(26-15-21(27(2)3)12-17-8-6-5-7-9-17)25-14-19-13-20(23)11-10-18(19)16-30(4,28)29;/h5-11,13,21H,12,14-16H2,1-4H3,(H2,24,25,26);1H. The van der Waals surface area contributed by atoms with Gasteiger partial charge in [0.1, 0.15) is 5.82 Å². The van der Waals surface area contributed by atoms with E-state index in [1.165, 1.54) is 30.0 Å². The van der Waals surface area contributed by atoms with E-state index in [-0.39, 0.29) is 42.3 Å². The first-order valence-corrected chi connectivity index (χ1v) is 11.8. The highest BCUT2D eigenvalue weighted by atomic mass is 127. The quantitative estimate of drug-likeness (QED) is 0.280. The van der Waals surface area contributed by atoms with Crippen LogP contribution in [0.2, 0.25) is 0 Å². The second-order valence-corrected chi connectivity index (χ2v) is 9.74. The maximum absolute atomic E-state index is 13.7. The summed E-state index contributed by atoms with van der Waals surface area (Å²) in [6, 6.07) is 14.7. The summed E-state index contributed by atoms with van der Waals surface area (Å²) in [6.07, 6.45) is 2.06. The number of nitrogens with one attached hydrogen (secondary N) is 2. The molecule has 0 bridgehead atoms. The van der Waals surface area contributed by atoms with Crippen molar-refractivity contribution in [3.63, 3.8) is 0 Å². The van der Waals surface area contributed by atoms with Crippen molar-refractivity contribution in [1.82, 2.24) is 15.5 Å². The highest BCUT2D eigenvalue weighted by Crippen LogP contribution is 2.14. The van der Waals surface area contributed by atoms with E-state index in [0.29, 0.717) is 23.6 Å². The van der Waals surface area contributed by atoms with Gasteiger partial charge < -0.3 is 15.5 Å². The summed E-state index contributed by atoms with van der Waals surface area (Å²) < 4.78 is 37.0. The molecule has 0 aliphatic rings. The normalized spacial score (nSPS) is 12.9. The van der Waals surface area contributed by atoms with E-state index in [1.54, 1.807) is 7.05 Å². The number of aliphatic imine (C=N–C) groups is 1. The molecule has 31 heavy (non-hydrogen) atoms. The lowest BCUT2D eigenvalue weighted by atomic mass is 10.1. The maximum Gasteiger partial charge on any atom is 0.191 e. The second-order valence-electron chi connectivity index (χ2n) is 7.60. The molecular formula is C22H32FIN4O2S. The third-order valence-corrected chi connectivity index (χ3v) is 5.64. The zero-order valence-electron chi connectivity index (χ0n) is 18.4. The molecule has 2 rings (SSSR count). The fourth-order valence-electron chi connectivity index (χ4n) is 3.12. The minimum absolute atomic E-state index is 0. The summed E-state index contributed by atoms with van der Waals surface area (Å²) in [5, 5.41) is 6.47. The first kappa shape index (κ1) is 27.3. The summed E-state index contributed by atoms with van der Waals surface area (Å²) in [7, 11) is 2.52. The van der Waals surface area contributed by atoms with Gasteiger partial charge in [0.2, 0.25) is 0 Å². The molecule has 0 saturated heterocycles. The Morgan fingerprint density at radius 1 is 1.10 bits per heavy atom. The van der Waals surface area contributed by atoms with E-state index >= 15 is 0 Å². The molecule has 9 heteroatoms. The number of hydrogen-bond acceptors (Lipinski definition) is 4. The molecule has 2 N–H and O–H groups in total. The van der Waals surface area contributed by atoms with Gasteiger partial charge in [0, 0.05) is 32.4 Å². The molecule has 0 fully saturated rings. The largest absolute Gasteiger partial charge is 0.355 e. The van der Waals surface area contributed by atoms with Crippen molar-refractivity contribution in [3.05, 3.63) is 71.0 Å². The SMILES string of the molecule is CN=C(NCc1cc(F)ccc1CS(C)(=O)=O)NCC(Cc1ccccc1)N(C)C.I. The molecule has 0 amide bonds. The molecule has 6 nitrogen and oxygen atoms in total. The smallest absolute Gasteiger partial charge is 0.191 e. The van der Waals surface area contributed by atoms with Gasteiger partial charge in [-0.3, -0.25) is 4.99 Å². The highest BCUT2D eigenvalue weighted by molar-refractivity contribution is 14.0. The van der Waals surface area contributed by atoms with Gasteiger partial charge in [-0.05, 0) is 49.3 Å². The van der Waals surface area contributed by atoms with E-state index in [0.717, 1.165) is 6.42 Å². The number of benzene rings is 2. The van der Waals surface area contributed by atoms with E-state index < -0.39 is 15.7 Å². The third-order valence-electron chi connectivity index (χ3n) is 4.81. The predicted molar refractivity (Wildman–Crippen MR) is 136 cm³/mol. The Bertz CT molecular complexity index is 953. The van der Waals surface area contributed by atoms with Gasteiger partial charge in [0.25, 0.3) is 0 Å². The van der Waals surface area contributed by atoms with Crippen LogP contribution in [-0.4, -0.2) is 59.3 Å². The molecule has 2 aromatic carbocycles. The minimum Gasteiger partial charge on any atom is -0.355 e. The summed E-state index contributed by atoms with van der Waals surface area (Å²) in [5.74, 6) is 0.0443. The molecule has 0 aromatic heterocycles.